The molecule has 1 amide bonds. The quantitative estimate of drug-likeness (QED) is 0.921. The minimum absolute atomic E-state index is 0.0711. The number of rotatable bonds is 3. The predicted molar refractivity (Wildman–Crippen MR) is 82.6 cm³/mol. The molecule has 2 unspecified atom stereocenters. The SMILES string of the molecule is CCC1(C)NC(c2ccsc2)N(C2CCCCC2)C1=O. The van der Waals surface area contributed by atoms with Gasteiger partial charge in [-0.15, -0.1) is 0 Å². The Labute approximate surface area is 125 Å². The number of amides is 1. The minimum atomic E-state index is -0.399. The molecule has 1 N–H and O–H groups in total. The third kappa shape index (κ3) is 2.29. The fourth-order valence-electron chi connectivity index (χ4n) is 3.50. The zero-order valence-corrected chi connectivity index (χ0v) is 13.2. The number of carbonyl (C=O) groups excluding carboxylic acids is 1. The Kier molecular flexibility index (Phi) is 3.87. The van der Waals surface area contributed by atoms with E-state index in [1.54, 1.807) is 11.3 Å². The molecule has 3 rings (SSSR count). The first kappa shape index (κ1) is 14.1. The van der Waals surface area contributed by atoms with Gasteiger partial charge >= 0.3 is 0 Å². The Morgan fingerprint density at radius 1 is 1.40 bits per heavy atom. The molecule has 20 heavy (non-hydrogen) atoms. The van der Waals surface area contributed by atoms with Gasteiger partial charge < -0.3 is 4.90 Å². The second-order valence-electron chi connectivity index (χ2n) is 6.29. The van der Waals surface area contributed by atoms with Crippen LogP contribution in [0.3, 0.4) is 0 Å². The zero-order valence-electron chi connectivity index (χ0n) is 12.4. The number of nitrogens with zero attached hydrogens (tertiary/aromatic N) is 1. The molecule has 2 atom stereocenters. The van der Waals surface area contributed by atoms with Gasteiger partial charge in [0, 0.05) is 6.04 Å². The smallest absolute Gasteiger partial charge is 0.244 e. The van der Waals surface area contributed by atoms with Gasteiger partial charge in [0.15, 0.2) is 0 Å². The summed E-state index contributed by atoms with van der Waals surface area (Å²) in [5.74, 6) is 0.295. The van der Waals surface area contributed by atoms with E-state index < -0.39 is 5.54 Å². The van der Waals surface area contributed by atoms with E-state index in [9.17, 15) is 4.79 Å². The van der Waals surface area contributed by atoms with Crippen molar-refractivity contribution in [1.82, 2.24) is 10.2 Å². The third-order valence-corrected chi connectivity index (χ3v) is 5.68. The summed E-state index contributed by atoms with van der Waals surface area (Å²) in [5.41, 5.74) is 0.843. The first-order chi connectivity index (χ1) is 9.65. The third-order valence-electron chi connectivity index (χ3n) is 4.97. The van der Waals surface area contributed by atoms with Crippen LogP contribution in [-0.4, -0.2) is 22.4 Å². The van der Waals surface area contributed by atoms with Gasteiger partial charge in [0.25, 0.3) is 0 Å². The molecule has 2 aliphatic rings. The van der Waals surface area contributed by atoms with Gasteiger partial charge in [0.1, 0.15) is 6.17 Å². The topological polar surface area (TPSA) is 32.3 Å². The van der Waals surface area contributed by atoms with Crippen molar-refractivity contribution in [2.24, 2.45) is 0 Å². The highest BCUT2D eigenvalue weighted by atomic mass is 32.1. The second-order valence-corrected chi connectivity index (χ2v) is 7.07. The van der Waals surface area contributed by atoms with Crippen molar-refractivity contribution < 1.29 is 4.79 Å². The van der Waals surface area contributed by atoms with Crippen LogP contribution in [0.1, 0.15) is 64.1 Å². The van der Waals surface area contributed by atoms with E-state index >= 15 is 0 Å². The maximum absolute atomic E-state index is 12.9. The van der Waals surface area contributed by atoms with Crippen LogP contribution in [0.4, 0.5) is 0 Å². The summed E-state index contributed by atoms with van der Waals surface area (Å²) >= 11 is 1.71. The first-order valence-corrected chi connectivity index (χ1v) is 8.72. The molecule has 0 aromatic carbocycles. The predicted octanol–water partition coefficient (Wildman–Crippen LogP) is 3.68. The summed E-state index contributed by atoms with van der Waals surface area (Å²) < 4.78 is 0. The summed E-state index contributed by atoms with van der Waals surface area (Å²) in [5, 5.41) is 7.87. The highest BCUT2D eigenvalue weighted by Gasteiger charge is 2.49. The summed E-state index contributed by atoms with van der Waals surface area (Å²) in [7, 11) is 0. The molecule has 0 radical (unpaired) electrons. The Hall–Kier alpha value is -0.870. The van der Waals surface area contributed by atoms with Gasteiger partial charge in [-0.3, -0.25) is 10.1 Å². The van der Waals surface area contributed by atoms with Crippen LogP contribution in [-0.2, 0) is 4.79 Å². The molecule has 2 fully saturated rings. The lowest BCUT2D eigenvalue weighted by Crippen LogP contribution is -2.45. The summed E-state index contributed by atoms with van der Waals surface area (Å²) in [6, 6.07) is 2.56. The van der Waals surface area contributed by atoms with E-state index in [1.807, 2.05) is 0 Å². The first-order valence-electron chi connectivity index (χ1n) is 7.78. The fraction of sp³-hybridized carbons (Fsp3) is 0.688. The van der Waals surface area contributed by atoms with Crippen LogP contribution in [0.25, 0.3) is 0 Å². The van der Waals surface area contributed by atoms with Crippen LogP contribution in [0.5, 0.6) is 0 Å². The second kappa shape index (κ2) is 5.49. The zero-order chi connectivity index (χ0) is 14.2. The van der Waals surface area contributed by atoms with Crippen molar-refractivity contribution in [3.63, 3.8) is 0 Å². The van der Waals surface area contributed by atoms with E-state index in [0.29, 0.717) is 11.9 Å². The van der Waals surface area contributed by atoms with Crippen molar-refractivity contribution in [1.29, 1.82) is 0 Å². The van der Waals surface area contributed by atoms with Crippen molar-refractivity contribution in [2.75, 3.05) is 0 Å². The molecular weight excluding hydrogens is 268 g/mol. The molecule has 2 heterocycles. The molecule has 0 bridgehead atoms. The summed E-state index contributed by atoms with van der Waals surface area (Å²) in [6.45, 7) is 4.15. The molecule has 1 aromatic heterocycles. The van der Waals surface area contributed by atoms with E-state index in [1.165, 1.54) is 24.8 Å². The molecule has 1 aliphatic carbocycles. The molecule has 1 saturated heterocycles. The highest BCUT2D eigenvalue weighted by Crippen LogP contribution is 2.38. The normalized spacial score (nSPS) is 32.0. The largest absolute Gasteiger partial charge is 0.318 e. The van der Waals surface area contributed by atoms with E-state index in [2.05, 4.69) is 40.9 Å². The number of nitrogens with one attached hydrogen (secondary N) is 1. The molecule has 0 spiro atoms. The van der Waals surface area contributed by atoms with Gasteiger partial charge in [0.2, 0.25) is 5.91 Å². The lowest BCUT2D eigenvalue weighted by Gasteiger charge is -2.35. The van der Waals surface area contributed by atoms with Crippen LogP contribution in [0.2, 0.25) is 0 Å². The molecule has 1 aliphatic heterocycles. The fourth-order valence-corrected chi connectivity index (χ4v) is 4.18. The van der Waals surface area contributed by atoms with Crippen LogP contribution < -0.4 is 5.32 Å². The lowest BCUT2D eigenvalue weighted by molar-refractivity contribution is -0.135. The van der Waals surface area contributed by atoms with E-state index in [4.69, 9.17) is 0 Å². The molecule has 4 heteroatoms. The summed E-state index contributed by atoms with van der Waals surface area (Å²) in [4.78, 5) is 15.1. The Morgan fingerprint density at radius 3 is 2.75 bits per heavy atom. The van der Waals surface area contributed by atoms with Gasteiger partial charge in [-0.1, -0.05) is 26.2 Å². The van der Waals surface area contributed by atoms with Crippen LogP contribution >= 0.6 is 11.3 Å². The van der Waals surface area contributed by atoms with Crippen molar-refractivity contribution in [2.45, 2.75) is 70.1 Å². The average Bonchev–Trinajstić information content (AvgIpc) is 3.08. The monoisotopic (exact) mass is 292 g/mol. The minimum Gasteiger partial charge on any atom is -0.318 e. The van der Waals surface area contributed by atoms with Crippen LogP contribution in [0.15, 0.2) is 16.8 Å². The molecular formula is C16H24N2OS. The highest BCUT2D eigenvalue weighted by molar-refractivity contribution is 7.07. The van der Waals surface area contributed by atoms with E-state index in [0.717, 1.165) is 19.3 Å². The lowest BCUT2D eigenvalue weighted by atomic mass is 9.92. The summed E-state index contributed by atoms with van der Waals surface area (Å²) in [6.07, 6.45) is 7.07. The number of carbonyl (C=O) groups is 1. The molecule has 110 valence electrons. The maximum atomic E-state index is 12.9. The maximum Gasteiger partial charge on any atom is 0.244 e. The number of hydrogen-bond donors (Lipinski definition) is 1. The van der Waals surface area contributed by atoms with Crippen molar-refractivity contribution in [3.8, 4) is 0 Å². The van der Waals surface area contributed by atoms with Crippen LogP contribution in [0, 0.1) is 0 Å². The van der Waals surface area contributed by atoms with Gasteiger partial charge in [-0.2, -0.15) is 11.3 Å². The van der Waals surface area contributed by atoms with Gasteiger partial charge in [-0.05, 0) is 48.6 Å². The Morgan fingerprint density at radius 2 is 2.15 bits per heavy atom. The Bertz CT molecular complexity index is 467. The van der Waals surface area contributed by atoms with Crippen molar-refractivity contribution in [3.05, 3.63) is 22.4 Å². The Balaban J connectivity index is 1.91. The molecule has 3 nitrogen and oxygen atoms in total. The standard InChI is InChI=1S/C16H24N2OS/c1-3-16(2)15(19)18(13-7-5-4-6-8-13)14(17-16)12-9-10-20-11-12/h9-11,13-14,17H,3-8H2,1-2H3. The molecule has 1 aromatic rings. The average molecular weight is 292 g/mol. The van der Waals surface area contributed by atoms with Gasteiger partial charge in [0.05, 0.1) is 5.54 Å². The van der Waals surface area contributed by atoms with Gasteiger partial charge in [-0.25, -0.2) is 0 Å². The van der Waals surface area contributed by atoms with E-state index in [-0.39, 0.29) is 6.17 Å². The number of hydrogen-bond acceptors (Lipinski definition) is 3. The van der Waals surface area contributed by atoms with Crippen molar-refractivity contribution >= 4 is 17.2 Å². The number of thiophene rings is 1. The molecule has 1 saturated carbocycles.